The second kappa shape index (κ2) is 3.69. The minimum absolute atomic E-state index is 0.0329. The number of nitrogens with one attached hydrogen (secondary N) is 2. The maximum absolute atomic E-state index is 10.7. The van der Waals surface area contributed by atoms with Crippen LogP contribution in [0, 0.1) is 0 Å². The van der Waals surface area contributed by atoms with Gasteiger partial charge in [-0.1, -0.05) is 0 Å². The van der Waals surface area contributed by atoms with Crippen LogP contribution in [-0.2, 0) is 4.79 Å². The van der Waals surface area contributed by atoms with Gasteiger partial charge in [0.15, 0.2) is 0 Å². The summed E-state index contributed by atoms with van der Waals surface area (Å²) in [7, 11) is 2.02. The van der Waals surface area contributed by atoms with E-state index in [4.69, 9.17) is 0 Å². The van der Waals surface area contributed by atoms with Gasteiger partial charge in [-0.15, -0.1) is 0 Å². The lowest BCUT2D eigenvalue weighted by atomic mass is 10.3. The van der Waals surface area contributed by atoms with E-state index in [-0.39, 0.29) is 12.1 Å². The zero-order chi connectivity index (χ0) is 8.27. The summed E-state index contributed by atoms with van der Waals surface area (Å²) in [4.78, 5) is 12.8. The summed E-state index contributed by atoms with van der Waals surface area (Å²) < 4.78 is 0. The van der Waals surface area contributed by atoms with Gasteiger partial charge in [0.25, 0.3) is 0 Å². The fourth-order valence-electron chi connectivity index (χ4n) is 1.20. The molecular weight excluding hydrogens is 142 g/mol. The monoisotopic (exact) mass is 157 g/mol. The summed E-state index contributed by atoms with van der Waals surface area (Å²) in [6.07, 6.45) is 0.168. The standard InChI is InChI=1S/C7H15N3O/c1-6(11)9-7-5-8-3-4-10(7)2/h7-8H,3-5H2,1-2H3,(H,9,11). The van der Waals surface area contributed by atoms with E-state index in [1.54, 1.807) is 6.92 Å². The number of carbonyl (C=O) groups excluding carboxylic acids is 1. The van der Waals surface area contributed by atoms with Crippen LogP contribution >= 0.6 is 0 Å². The SMILES string of the molecule is CC(=O)NC1CNCCN1C. The Labute approximate surface area is 66.9 Å². The van der Waals surface area contributed by atoms with E-state index < -0.39 is 0 Å². The van der Waals surface area contributed by atoms with E-state index in [0.717, 1.165) is 19.6 Å². The van der Waals surface area contributed by atoms with Crippen molar-refractivity contribution in [2.75, 3.05) is 26.7 Å². The van der Waals surface area contributed by atoms with Crippen molar-refractivity contribution >= 4 is 5.91 Å². The molecule has 0 saturated carbocycles. The third-order valence-corrected chi connectivity index (χ3v) is 1.88. The van der Waals surface area contributed by atoms with Crippen molar-refractivity contribution in [1.82, 2.24) is 15.5 Å². The Morgan fingerprint density at radius 1 is 1.73 bits per heavy atom. The second-order valence-electron chi connectivity index (χ2n) is 2.90. The minimum Gasteiger partial charge on any atom is -0.340 e. The van der Waals surface area contributed by atoms with E-state index in [2.05, 4.69) is 15.5 Å². The van der Waals surface area contributed by atoms with Crippen molar-refractivity contribution in [1.29, 1.82) is 0 Å². The molecule has 1 unspecified atom stereocenters. The molecule has 4 heteroatoms. The van der Waals surface area contributed by atoms with Crippen molar-refractivity contribution in [3.63, 3.8) is 0 Å². The van der Waals surface area contributed by atoms with Gasteiger partial charge in [-0.2, -0.15) is 0 Å². The molecule has 1 aliphatic heterocycles. The van der Waals surface area contributed by atoms with Gasteiger partial charge in [0, 0.05) is 26.6 Å². The molecule has 0 bridgehead atoms. The zero-order valence-electron chi connectivity index (χ0n) is 7.05. The summed E-state index contributed by atoms with van der Waals surface area (Å²) in [5, 5.41) is 6.07. The molecule has 0 radical (unpaired) electrons. The fourth-order valence-corrected chi connectivity index (χ4v) is 1.20. The maximum Gasteiger partial charge on any atom is 0.218 e. The van der Waals surface area contributed by atoms with E-state index in [0.29, 0.717) is 0 Å². The largest absolute Gasteiger partial charge is 0.340 e. The highest BCUT2D eigenvalue weighted by Crippen LogP contribution is 1.94. The highest BCUT2D eigenvalue weighted by Gasteiger charge is 2.18. The van der Waals surface area contributed by atoms with Gasteiger partial charge in [-0.3, -0.25) is 9.69 Å². The first kappa shape index (κ1) is 8.49. The molecule has 0 spiro atoms. The first-order valence-corrected chi connectivity index (χ1v) is 3.88. The lowest BCUT2D eigenvalue weighted by Crippen LogP contribution is -2.57. The van der Waals surface area contributed by atoms with Crippen molar-refractivity contribution in [2.24, 2.45) is 0 Å². The van der Waals surface area contributed by atoms with Crippen LogP contribution in [0.1, 0.15) is 6.92 Å². The molecule has 0 aliphatic carbocycles. The number of nitrogens with zero attached hydrogens (tertiary/aromatic N) is 1. The Hall–Kier alpha value is -0.610. The number of rotatable bonds is 1. The average Bonchev–Trinajstić information content (AvgIpc) is 1.93. The Morgan fingerprint density at radius 3 is 3.00 bits per heavy atom. The Morgan fingerprint density at radius 2 is 2.45 bits per heavy atom. The highest BCUT2D eigenvalue weighted by molar-refractivity contribution is 5.73. The summed E-state index contributed by atoms with van der Waals surface area (Å²) >= 11 is 0. The van der Waals surface area contributed by atoms with Crippen LogP contribution in [0.2, 0.25) is 0 Å². The normalized spacial score (nSPS) is 26.5. The molecule has 1 saturated heterocycles. The van der Waals surface area contributed by atoms with E-state index in [1.807, 2.05) is 7.05 Å². The average molecular weight is 157 g/mol. The number of likely N-dealkylation sites (N-methyl/N-ethyl adjacent to an activating group) is 1. The van der Waals surface area contributed by atoms with Crippen LogP contribution in [0.3, 0.4) is 0 Å². The lowest BCUT2D eigenvalue weighted by Gasteiger charge is -2.33. The van der Waals surface area contributed by atoms with Crippen LogP contribution in [0.25, 0.3) is 0 Å². The predicted octanol–water partition coefficient (Wildman–Crippen LogP) is -1.02. The molecule has 1 amide bonds. The van der Waals surface area contributed by atoms with Gasteiger partial charge < -0.3 is 10.6 Å². The van der Waals surface area contributed by atoms with Crippen molar-refractivity contribution in [3.05, 3.63) is 0 Å². The third-order valence-electron chi connectivity index (χ3n) is 1.88. The Bertz CT molecular complexity index is 149. The molecule has 0 aromatic rings. The molecule has 0 aromatic carbocycles. The summed E-state index contributed by atoms with van der Waals surface area (Å²) in [6.45, 7) is 4.38. The van der Waals surface area contributed by atoms with Crippen molar-refractivity contribution in [2.45, 2.75) is 13.1 Å². The van der Waals surface area contributed by atoms with Crippen LogP contribution in [0.5, 0.6) is 0 Å². The van der Waals surface area contributed by atoms with Crippen LogP contribution in [-0.4, -0.2) is 43.7 Å². The lowest BCUT2D eigenvalue weighted by molar-refractivity contribution is -0.121. The van der Waals surface area contributed by atoms with E-state index >= 15 is 0 Å². The van der Waals surface area contributed by atoms with Gasteiger partial charge in [0.1, 0.15) is 0 Å². The van der Waals surface area contributed by atoms with E-state index in [9.17, 15) is 4.79 Å². The molecule has 11 heavy (non-hydrogen) atoms. The number of hydrogen-bond acceptors (Lipinski definition) is 3. The summed E-state index contributed by atoms with van der Waals surface area (Å²) in [5.41, 5.74) is 0. The molecule has 1 atom stereocenters. The van der Waals surface area contributed by atoms with Gasteiger partial charge in [-0.25, -0.2) is 0 Å². The molecule has 1 rings (SSSR count). The second-order valence-corrected chi connectivity index (χ2v) is 2.90. The first-order chi connectivity index (χ1) is 5.20. The zero-order valence-corrected chi connectivity index (χ0v) is 7.05. The maximum atomic E-state index is 10.7. The molecule has 0 aromatic heterocycles. The van der Waals surface area contributed by atoms with Crippen molar-refractivity contribution in [3.8, 4) is 0 Å². The number of amides is 1. The predicted molar refractivity (Wildman–Crippen MR) is 43.1 cm³/mol. The summed E-state index contributed by atoms with van der Waals surface area (Å²) in [6, 6.07) is 0. The summed E-state index contributed by atoms with van der Waals surface area (Å²) in [5.74, 6) is 0.0329. The quantitative estimate of drug-likeness (QED) is 0.512. The molecule has 1 fully saturated rings. The molecule has 1 aliphatic rings. The minimum atomic E-state index is 0.0329. The Kier molecular flexibility index (Phi) is 2.84. The smallest absolute Gasteiger partial charge is 0.218 e. The fraction of sp³-hybridized carbons (Fsp3) is 0.857. The topological polar surface area (TPSA) is 44.4 Å². The molecule has 1 heterocycles. The molecular formula is C7H15N3O. The molecule has 64 valence electrons. The van der Waals surface area contributed by atoms with Crippen LogP contribution in [0.4, 0.5) is 0 Å². The van der Waals surface area contributed by atoms with Gasteiger partial charge in [0.2, 0.25) is 5.91 Å². The van der Waals surface area contributed by atoms with Crippen LogP contribution < -0.4 is 10.6 Å². The molecule has 4 nitrogen and oxygen atoms in total. The third kappa shape index (κ3) is 2.48. The first-order valence-electron chi connectivity index (χ1n) is 3.88. The molecule has 2 N–H and O–H groups in total. The van der Waals surface area contributed by atoms with E-state index in [1.165, 1.54) is 0 Å². The number of piperazine rings is 1. The van der Waals surface area contributed by atoms with Gasteiger partial charge >= 0.3 is 0 Å². The van der Waals surface area contributed by atoms with Gasteiger partial charge in [-0.05, 0) is 7.05 Å². The van der Waals surface area contributed by atoms with Crippen molar-refractivity contribution < 1.29 is 4.79 Å². The highest BCUT2D eigenvalue weighted by atomic mass is 16.1. The van der Waals surface area contributed by atoms with Gasteiger partial charge in [0.05, 0.1) is 6.17 Å². The number of carbonyl (C=O) groups is 1. The Balaban J connectivity index is 2.35. The van der Waals surface area contributed by atoms with Crippen LogP contribution in [0.15, 0.2) is 0 Å². The number of hydrogen-bond donors (Lipinski definition) is 2.